The van der Waals surface area contributed by atoms with Crippen LogP contribution in [0.2, 0.25) is 0 Å². The van der Waals surface area contributed by atoms with Crippen LogP contribution in [-0.4, -0.2) is 9.97 Å². The summed E-state index contributed by atoms with van der Waals surface area (Å²) in [5.74, 6) is 0.520. The minimum atomic E-state index is -0.114. The van der Waals surface area contributed by atoms with Crippen LogP contribution >= 0.6 is 0 Å². The number of aromatic nitrogens is 2. The van der Waals surface area contributed by atoms with Crippen LogP contribution in [0.3, 0.4) is 0 Å². The van der Waals surface area contributed by atoms with Crippen LogP contribution in [-0.2, 0) is 6.42 Å². The number of rotatable bonds is 3. The van der Waals surface area contributed by atoms with E-state index in [0.717, 1.165) is 17.0 Å². The van der Waals surface area contributed by atoms with Gasteiger partial charge in [-0.25, -0.2) is 4.98 Å². The van der Waals surface area contributed by atoms with Gasteiger partial charge in [-0.3, -0.25) is 4.98 Å². The van der Waals surface area contributed by atoms with Crippen molar-refractivity contribution in [3.8, 4) is 0 Å². The average Bonchev–Trinajstić information content (AvgIpc) is 2.29. The topological polar surface area (TPSA) is 77.8 Å². The summed E-state index contributed by atoms with van der Waals surface area (Å²) in [7, 11) is 0. The molecule has 0 amide bonds. The second-order valence-corrected chi connectivity index (χ2v) is 4.10. The van der Waals surface area contributed by atoms with Gasteiger partial charge < -0.3 is 11.5 Å². The highest BCUT2D eigenvalue weighted by Crippen LogP contribution is 2.15. The molecule has 4 N–H and O–H groups in total. The lowest BCUT2D eigenvalue weighted by molar-refractivity contribution is 0.693. The largest absolute Gasteiger partial charge is 0.384 e. The second kappa shape index (κ2) is 4.93. The first-order valence-electron chi connectivity index (χ1n) is 5.54. The van der Waals surface area contributed by atoms with E-state index >= 15 is 0 Å². The zero-order chi connectivity index (χ0) is 12.3. The molecule has 2 heterocycles. The van der Waals surface area contributed by atoms with Gasteiger partial charge in [0.2, 0.25) is 0 Å². The van der Waals surface area contributed by atoms with Crippen molar-refractivity contribution in [1.82, 2.24) is 9.97 Å². The molecular formula is C13H16N4. The van der Waals surface area contributed by atoms with Crippen molar-refractivity contribution < 1.29 is 0 Å². The van der Waals surface area contributed by atoms with E-state index in [1.807, 2.05) is 37.3 Å². The highest BCUT2D eigenvalue weighted by atomic mass is 14.8. The smallest absolute Gasteiger partial charge is 0.123 e. The van der Waals surface area contributed by atoms with Crippen molar-refractivity contribution >= 4 is 5.82 Å². The monoisotopic (exact) mass is 228 g/mol. The second-order valence-electron chi connectivity index (χ2n) is 4.10. The van der Waals surface area contributed by atoms with E-state index in [1.165, 1.54) is 0 Å². The maximum Gasteiger partial charge on any atom is 0.123 e. The lowest BCUT2D eigenvalue weighted by Gasteiger charge is -2.11. The Morgan fingerprint density at radius 1 is 1.29 bits per heavy atom. The minimum absolute atomic E-state index is 0.114. The highest BCUT2D eigenvalue weighted by molar-refractivity contribution is 5.32. The van der Waals surface area contributed by atoms with Crippen LogP contribution in [0.15, 0.2) is 36.5 Å². The van der Waals surface area contributed by atoms with Crippen molar-refractivity contribution in [1.29, 1.82) is 0 Å². The summed E-state index contributed by atoms with van der Waals surface area (Å²) in [5, 5.41) is 0. The van der Waals surface area contributed by atoms with E-state index in [9.17, 15) is 0 Å². The van der Waals surface area contributed by atoms with Gasteiger partial charge in [0.1, 0.15) is 5.82 Å². The third-order valence-corrected chi connectivity index (χ3v) is 2.59. The summed E-state index contributed by atoms with van der Waals surface area (Å²) in [6.45, 7) is 1.96. The van der Waals surface area contributed by atoms with Crippen molar-refractivity contribution in [3.05, 3.63) is 53.5 Å². The lowest BCUT2D eigenvalue weighted by Crippen LogP contribution is -2.15. The van der Waals surface area contributed by atoms with Crippen molar-refractivity contribution in [2.24, 2.45) is 5.73 Å². The molecule has 0 aliphatic carbocycles. The molecule has 4 heteroatoms. The Kier molecular flexibility index (Phi) is 3.35. The molecule has 4 nitrogen and oxygen atoms in total. The molecule has 0 saturated carbocycles. The van der Waals surface area contributed by atoms with Gasteiger partial charge in [-0.2, -0.15) is 0 Å². The van der Waals surface area contributed by atoms with Gasteiger partial charge in [-0.15, -0.1) is 0 Å². The number of pyridine rings is 2. The van der Waals surface area contributed by atoms with Gasteiger partial charge in [0.25, 0.3) is 0 Å². The molecule has 0 spiro atoms. The summed E-state index contributed by atoms with van der Waals surface area (Å²) >= 11 is 0. The van der Waals surface area contributed by atoms with Crippen LogP contribution in [0.5, 0.6) is 0 Å². The third-order valence-electron chi connectivity index (χ3n) is 2.59. The molecule has 0 fully saturated rings. The first kappa shape index (κ1) is 11.5. The van der Waals surface area contributed by atoms with Crippen LogP contribution in [0, 0.1) is 6.92 Å². The Bertz CT molecular complexity index is 510. The Balaban J connectivity index is 2.14. The van der Waals surface area contributed by atoms with Gasteiger partial charge in [-0.05, 0) is 43.2 Å². The summed E-state index contributed by atoms with van der Waals surface area (Å²) < 4.78 is 0. The molecule has 0 bridgehead atoms. The predicted octanol–water partition coefficient (Wildman–Crippen LogP) is 1.61. The van der Waals surface area contributed by atoms with E-state index in [0.29, 0.717) is 12.2 Å². The molecule has 2 aromatic rings. The average molecular weight is 228 g/mol. The Labute approximate surface area is 101 Å². The van der Waals surface area contributed by atoms with E-state index < -0.39 is 0 Å². The number of hydrogen-bond acceptors (Lipinski definition) is 4. The third kappa shape index (κ3) is 3.01. The molecular weight excluding hydrogens is 212 g/mol. The molecule has 1 unspecified atom stereocenters. The first-order valence-corrected chi connectivity index (χ1v) is 5.54. The number of nitrogen functional groups attached to an aromatic ring is 1. The van der Waals surface area contributed by atoms with Crippen molar-refractivity contribution in [3.63, 3.8) is 0 Å². The minimum Gasteiger partial charge on any atom is -0.384 e. The van der Waals surface area contributed by atoms with Crippen LogP contribution in [0.1, 0.15) is 23.0 Å². The molecule has 2 aromatic heterocycles. The molecule has 88 valence electrons. The SMILES string of the molecule is Cc1cccc(C(N)Cc2ccnc(N)c2)n1. The molecule has 0 aliphatic rings. The quantitative estimate of drug-likeness (QED) is 0.836. The fraction of sp³-hybridized carbons (Fsp3) is 0.231. The summed E-state index contributed by atoms with van der Waals surface area (Å²) in [6, 6.07) is 9.53. The van der Waals surface area contributed by atoms with Gasteiger partial charge in [-0.1, -0.05) is 6.07 Å². The van der Waals surface area contributed by atoms with E-state index in [-0.39, 0.29) is 6.04 Å². The fourth-order valence-electron chi connectivity index (χ4n) is 1.75. The molecule has 1 atom stereocenters. The van der Waals surface area contributed by atoms with Crippen molar-refractivity contribution in [2.45, 2.75) is 19.4 Å². The molecule has 0 radical (unpaired) electrons. The Morgan fingerprint density at radius 3 is 2.82 bits per heavy atom. The Morgan fingerprint density at radius 2 is 2.12 bits per heavy atom. The summed E-state index contributed by atoms with van der Waals surface area (Å²) in [5.41, 5.74) is 14.7. The lowest BCUT2D eigenvalue weighted by atomic mass is 10.0. The van der Waals surface area contributed by atoms with E-state index in [1.54, 1.807) is 6.20 Å². The first-order chi connectivity index (χ1) is 8.15. The number of nitrogens with two attached hydrogens (primary N) is 2. The maximum absolute atomic E-state index is 6.12. The van der Waals surface area contributed by atoms with E-state index in [2.05, 4.69) is 9.97 Å². The standard InChI is InChI=1S/C13H16N4/c1-9-3-2-4-12(17-9)11(14)7-10-5-6-16-13(15)8-10/h2-6,8,11H,7,14H2,1H3,(H2,15,16). The summed E-state index contributed by atoms with van der Waals surface area (Å²) in [6.07, 6.45) is 2.41. The van der Waals surface area contributed by atoms with Crippen LogP contribution < -0.4 is 11.5 Å². The summed E-state index contributed by atoms with van der Waals surface area (Å²) in [4.78, 5) is 8.38. The molecule has 0 aliphatic heterocycles. The molecule has 0 aromatic carbocycles. The molecule has 0 saturated heterocycles. The van der Waals surface area contributed by atoms with Gasteiger partial charge in [0, 0.05) is 11.9 Å². The van der Waals surface area contributed by atoms with Crippen LogP contribution in [0.4, 0.5) is 5.82 Å². The van der Waals surface area contributed by atoms with Gasteiger partial charge in [0.05, 0.1) is 11.7 Å². The number of nitrogens with zero attached hydrogens (tertiary/aromatic N) is 2. The predicted molar refractivity (Wildman–Crippen MR) is 68.3 cm³/mol. The molecule has 2 rings (SSSR count). The Hall–Kier alpha value is -1.94. The zero-order valence-corrected chi connectivity index (χ0v) is 9.80. The van der Waals surface area contributed by atoms with Crippen molar-refractivity contribution in [2.75, 3.05) is 5.73 Å². The number of anilines is 1. The number of aryl methyl sites for hydroxylation is 1. The zero-order valence-electron chi connectivity index (χ0n) is 9.80. The highest BCUT2D eigenvalue weighted by Gasteiger charge is 2.08. The fourth-order valence-corrected chi connectivity index (χ4v) is 1.75. The number of hydrogen-bond donors (Lipinski definition) is 2. The normalized spacial score (nSPS) is 12.4. The molecule has 17 heavy (non-hydrogen) atoms. The van der Waals surface area contributed by atoms with E-state index in [4.69, 9.17) is 11.5 Å². The van der Waals surface area contributed by atoms with Gasteiger partial charge >= 0.3 is 0 Å². The van der Waals surface area contributed by atoms with Gasteiger partial charge in [0.15, 0.2) is 0 Å². The van der Waals surface area contributed by atoms with Crippen LogP contribution in [0.25, 0.3) is 0 Å². The maximum atomic E-state index is 6.12.